The summed E-state index contributed by atoms with van der Waals surface area (Å²) in [5.41, 5.74) is 2.55. The van der Waals surface area contributed by atoms with E-state index in [-0.39, 0.29) is 18.3 Å². The van der Waals surface area contributed by atoms with Gasteiger partial charge in [-0.3, -0.25) is 9.36 Å². The number of esters is 1. The van der Waals surface area contributed by atoms with Gasteiger partial charge in [-0.1, -0.05) is 34.6 Å². The van der Waals surface area contributed by atoms with Gasteiger partial charge in [0, 0.05) is 11.1 Å². The molecule has 0 saturated heterocycles. The van der Waals surface area contributed by atoms with Crippen LogP contribution in [0.3, 0.4) is 0 Å². The first-order valence-electron chi connectivity index (χ1n) is 7.40. The summed E-state index contributed by atoms with van der Waals surface area (Å²) in [6, 6.07) is 7.38. The lowest BCUT2D eigenvalue weighted by molar-refractivity contribution is -0.142. The lowest BCUT2D eigenvalue weighted by Crippen LogP contribution is -2.08. The Bertz CT molecular complexity index is 893. The molecule has 0 aliphatic rings. The molecule has 0 aliphatic carbocycles. The van der Waals surface area contributed by atoms with Gasteiger partial charge >= 0.3 is 5.97 Å². The molecule has 25 heavy (non-hydrogen) atoms. The average molecular weight is 379 g/mol. The summed E-state index contributed by atoms with van der Waals surface area (Å²) in [6.45, 7) is 3.79. The van der Waals surface area contributed by atoms with Gasteiger partial charge in [0.05, 0.1) is 17.1 Å². The number of halogens is 1. The summed E-state index contributed by atoms with van der Waals surface area (Å²) in [5.74, 6) is 0.231. The number of hydrogen-bond donors (Lipinski definition) is 0. The molecular weight excluding hydrogens is 364 g/mol. The van der Waals surface area contributed by atoms with E-state index in [4.69, 9.17) is 20.9 Å². The van der Waals surface area contributed by atoms with Gasteiger partial charge in [-0.25, -0.2) is 0 Å². The van der Waals surface area contributed by atoms with Crippen molar-refractivity contribution in [3.63, 3.8) is 0 Å². The van der Waals surface area contributed by atoms with E-state index in [2.05, 4.69) is 15.4 Å². The average Bonchev–Trinajstić information content (AvgIpc) is 3.22. The van der Waals surface area contributed by atoms with Crippen molar-refractivity contribution in [3.8, 4) is 5.69 Å². The van der Waals surface area contributed by atoms with Gasteiger partial charge in [0.2, 0.25) is 0 Å². The molecule has 0 spiro atoms. The van der Waals surface area contributed by atoms with Crippen molar-refractivity contribution >= 4 is 29.3 Å². The van der Waals surface area contributed by atoms with Crippen LogP contribution < -0.4 is 0 Å². The summed E-state index contributed by atoms with van der Waals surface area (Å²) >= 11 is 7.40. The third-order valence-electron chi connectivity index (χ3n) is 3.32. The zero-order chi connectivity index (χ0) is 17.8. The molecule has 130 valence electrons. The van der Waals surface area contributed by atoms with Crippen LogP contribution in [0.5, 0.6) is 0 Å². The Balaban J connectivity index is 1.59. The van der Waals surface area contributed by atoms with E-state index in [1.54, 1.807) is 23.9 Å². The van der Waals surface area contributed by atoms with E-state index < -0.39 is 0 Å². The number of hydrogen-bond acceptors (Lipinski definition) is 7. The number of carbonyl (C=O) groups is 1. The lowest BCUT2D eigenvalue weighted by atomic mass is 10.2. The van der Waals surface area contributed by atoms with E-state index in [0.29, 0.717) is 15.9 Å². The molecule has 0 amide bonds. The molecule has 3 aromatic rings. The van der Waals surface area contributed by atoms with Crippen LogP contribution in [-0.2, 0) is 16.1 Å². The Morgan fingerprint density at radius 2 is 2.20 bits per heavy atom. The Morgan fingerprint density at radius 1 is 1.36 bits per heavy atom. The van der Waals surface area contributed by atoms with Crippen LogP contribution in [0.2, 0.25) is 5.02 Å². The number of thioether (sulfide) groups is 1. The molecule has 7 nitrogen and oxygen atoms in total. The fourth-order valence-corrected chi connectivity index (χ4v) is 2.93. The van der Waals surface area contributed by atoms with Gasteiger partial charge in [-0.05, 0) is 31.5 Å². The molecule has 0 radical (unpaired) electrons. The van der Waals surface area contributed by atoms with Crippen molar-refractivity contribution in [2.75, 3.05) is 5.75 Å². The number of aryl methyl sites for hydroxylation is 2. The monoisotopic (exact) mass is 378 g/mol. The summed E-state index contributed by atoms with van der Waals surface area (Å²) in [4.78, 5) is 11.9. The molecule has 1 aromatic carbocycles. The molecule has 9 heteroatoms. The van der Waals surface area contributed by atoms with Crippen LogP contribution in [0.4, 0.5) is 0 Å². The topological polar surface area (TPSA) is 83.0 Å². The normalized spacial score (nSPS) is 10.8. The van der Waals surface area contributed by atoms with Crippen LogP contribution in [0.1, 0.15) is 17.0 Å². The molecule has 0 aliphatic heterocycles. The molecule has 0 atom stereocenters. The largest absolute Gasteiger partial charge is 0.457 e. The highest BCUT2D eigenvalue weighted by Gasteiger charge is 2.12. The molecular formula is C16H15ClN4O3S. The second kappa shape index (κ2) is 7.71. The van der Waals surface area contributed by atoms with Crippen molar-refractivity contribution in [1.82, 2.24) is 19.9 Å². The van der Waals surface area contributed by atoms with Gasteiger partial charge < -0.3 is 9.26 Å². The second-order valence-electron chi connectivity index (χ2n) is 5.30. The zero-order valence-corrected chi connectivity index (χ0v) is 15.2. The van der Waals surface area contributed by atoms with Gasteiger partial charge in [0.25, 0.3) is 0 Å². The smallest absolute Gasteiger partial charge is 0.316 e. The maximum atomic E-state index is 11.9. The summed E-state index contributed by atoms with van der Waals surface area (Å²) in [6.07, 6.45) is 1.58. The molecule has 2 heterocycles. The maximum absolute atomic E-state index is 11.9. The Labute approximate surface area is 153 Å². The lowest BCUT2D eigenvalue weighted by Gasteiger charge is -2.07. The third kappa shape index (κ3) is 4.40. The van der Waals surface area contributed by atoms with Crippen LogP contribution in [-0.4, -0.2) is 31.6 Å². The van der Waals surface area contributed by atoms with Crippen LogP contribution in [0, 0.1) is 13.8 Å². The van der Waals surface area contributed by atoms with Gasteiger partial charge in [0.1, 0.15) is 6.33 Å². The quantitative estimate of drug-likeness (QED) is 0.480. The molecule has 0 saturated carbocycles. The maximum Gasteiger partial charge on any atom is 0.316 e. The summed E-state index contributed by atoms with van der Waals surface area (Å²) < 4.78 is 11.9. The Kier molecular flexibility index (Phi) is 5.40. The zero-order valence-electron chi connectivity index (χ0n) is 13.6. The molecule has 3 rings (SSSR count). The van der Waals surface area contributed by atoms with E-state index in [9.17, 15) is 4.79 Å². The van der Waals surface area contributed by atoms with Gasteiger partial charge in [-0.15, -0.1) is 10.2 Å². The highest BCUT2D eigenvalue weighted by atomic mass is 35.5. The van der Waals surface area contributed by atoms with E-state index in [1.165, 1.54) is 11.8 Å². The summed E-state index contributed by atoms with van der Waals surface area (Å²) in [5, 5.41) is 12.9. The highest BCUT2D eigenvalue weighted by molar-refractivity contribution is 7.99. The fraction of sp³-hybridized carbons (Fsp3) is 0.250. The third-order valence-corrected chi connectivity index (χ3v) is 4.65. The number of nitrogens with zero attached hydrogens (tertiary/aromatic N) is 4. The number of carbonyl (C=O) groups excluding carboxylic acids is 1. The molecule has 0 fully saturated rings. The predicted molar refractivity (Wildman–Crippen MR) is 92.9 cm³/mol. The predicted octanol–water partition coefficient (Wildman–Crippen LogP) is 3.36. The number of benzene rings is 1. The Morgan fingerprint density at radius 3 is 2.92 bits per heavy atom. The second-order valence-corrected chi connectivity index (χ2v) is 6.65. The van der Waals surface area contributed by atoms with Crippen LogP contribution in [0.15, 0.2) is 40.3 Å². The standard InChI is InChI=1S/C16H15ClN4O3S/c1-10-3-4-12(6-14(10)17)21-9-18-19-16(21)25-8-15(22)23-7-13-5-11(2)20-24-13/h3-6,9H,7-8H2,1-2H3. The minimum atomic E-state index is -0.379. The molecule has 0 unspecified atom stereocenters. The SMILES string of the molecule is Cc1cc(COC(=O)CSc2nncn2-c2ccc(C)c(Cl)c2)on1. The van der Waals surface area contributed by atoms with Crippen molar-refractivity contribution in [2.24, 2.45) is 0 Å². The van der Waals surface area contributed by atoms with Crippen LogP contribution in [0.25, 0.3) is 5.69 Å². The minimum absolute atomic E-state index is 0.0560. The highest BCUT2D eigenvalue weighted by Crippen LogP contribution is 2.23. The minimum Gasteiger partial charge on any atom is -0.457 e. The first-order chi connectivity index (χ1) is 12.0. The first kappa shape index (κ1) is 17.5. The van der Waals surface area contributed by atoms with E-state index >= 15 is 0 Å². The van der Waals surface area contributed by atoms with Gasteiger partial charge in [0.15, 0.2) is 17.5 Å². The van der Waals surface area contributed by atoms with E-state index in [1.807, 2.05) is 25.1 Å². The number of rotatable bonds is 6. The molecule has 0 bridgehead atoms. The van der Waals surface area contributed by atoms with Crippen molar-refractivity contribution in [3.05, 3.63) is 52.6 Å². The van der Waals surface area contributed by atoms with Crippen LogP contribution >= 0.6 is 23.4 Å². The number of ether oxygens (including phenoxy) is 1. The van der Waals surface area contributed by atoms with E-state index in [0.717, 1.165) is 16.9 Å². The Hall–Kier alpha value is -2.32. The van der Waals surface area contributed by atoms with Crippen molar-refractivity contribution in [2.45, 2.75) is 25.6 Å². The summed E-state index contributed by atoms with van der Waals surface area (Å²) in [7, 11) is 0. The van der Waals surface area contributed by atoms with Crippen molar-refractivity contribution < 1.29 is 14.1 Å². The number of aromatic nitrogens is 4. The van der Waals surface area contributed by atoms with Crippen molar-refractivity contribution in [1.29, 1.82) is 0 Å². The fourth-order valence-electron chi connectivity index (χ4n) is 2.03. The van der Waals surface area contributed by atoms with Gasteiger partial charge in [-0.2, -0.15) is 0 Å². The first-order valence-corrected chi connectivity index (χ1v) is 8.76. The molecule has 2 aromatic heterocycles. The molecule has 0 N–H and O–H groups in total.